The van der Waals surface area contributed by atoms with E-state index in [9.17, 15) is 4.79 Å². The molecule has 0 aliphatic heterocycles. The van der Waals surface area contributed by atoms with Crippen molar-refractivity contribution >= 4 is 5.97 Å². The van der Waals surface area contributed by atoms with Gasteiger partial charge in [0.2, 0.25) is 0 Å². The van der Waals surface area contributed by atoms with Crippen LogP contribution in [0, 0.1) is 0 Å². The van der Waals surface area contributed by atoms with Crippen LogP contribution in [0.3, 0.4) is 0 Å². The second kappa shape index (κ2) is 6.24. The molecule has 4 heteroatoms. The molecule has 0 saturated heterocycles. The Bertz CT molecular complexity index is 279. The number of furan rings is 1. The van der Waals surface area contributed by atoms with Crippen LogP contribution >= 0.6 is 0 Å². The first-order valence-electron chi connectivity index (χ1n) is 5.01. The molecule has 0 aliphatic carbocycles. The normalized spacial score (nSPS) is 12.4. The van der Waals surface area contributed by atoms with Gasteiger partial charge in [0.25, 0.3) is 0 Å². The second-order valence-corrected chi connectivity index (χ2v) is 3.19. The summed E-state index contributed by atoms with van der Waals surface area (Å²) in [7, 11) is 1.47. The average Bonchev–Trinajstić information content (AvgIpc) is 2.73. The van der Waals surface area contributed by atoms with Gasteiger partial charge in [-0.1, -0.05) is 13.3 Å². The minimum atomic E-state index is -0.680. The van der Waals surface area contributed by atoms with Crippen molar-refractivity contribution in [3.63, 3.8) is 0 Å². The van der Waals surface area contributed by atoms with Crippen LogP contribution in [0.25, 0.3) is 0 Å². The molecular weight excluding hydrogens is 196 g/mol. The molecule has 1 aromatic heterocycles. The van der Waals surface area contributed by atoms with E-state index in [1.54, 1.807) is 6.07 Å². The lowest BCUT2D eigenvalue weighted by Gasteiger charge is -2.12. The summed E-state index contributed by atoms with van der Waals surface area (Å²) in [5.74, 6) is -0.368. The number of esters is 1. The first kappa shape index (κ1) is 11.8. The molecule has 0 aliphatic rings. The molecular formula is C11H16O4. The Hall–Kier alpha value is -1.29. The second-order valence-electron chi connectivity index (χ2n) is 3.19. The predicted octanol–water partition coefficient (Wildman–Crippen LogP) is 2.31. The quantitative estimate of drug-likeness (QED) is 0.536. The smallest absolute Gasteiger partial charge is 0.340 e. The number of hydrogen-bond donors (Lipinski definition) is 0. The molecule has 1 aromatic rings. The van der Waals surface area contributed by atoms with E-state index in [4.69, 9.17) is 13.9 Å². The zero-order valence-electron chi connectivity index (χ0n) is 9.06. The van der Waals surface area contributed by atoms with Crippen LogP contribution in [-0.4, -0.2) is 19.7 Å². The van der Waals surface area contributed by atoms with Crippen LogP contribution in [-0.2, 0) is 14.3 Å². The van der Waals surface area contributed by atoms with Crippen molar-refractivity contribution in [2.24, 2.45) is 0 Å². The molecule has 1 unspecified atom stereocenters. The lowest BCUT2D eigenvalue weighted by molar-refractivity contribution is -0.156. The molecule has 0 aromatic carbocycles. The van der Waals surface area contributed by atoms with Gasteiger partial charge in [0.1, 0.15) is 0 Å². The number of unbranched alkanes of at least 4 members (excludes halogenated alkanes) is 1. The fourth-order valence-corrected chi connectivity index (χ4v) is 1.19. The summed E-state index contributed by atoms with van der Waals surface area (Å²) >= 11 is 0. The van der Waals surface area contributed by atoms with Gasteiger partial charge in [-0.15, -0.1) is 0 Å². The van der Waals surface area contributed by atoms with Crippen molar-refractivity contribution in [2.45, 2.75) is 25.9 Å². The first-order chi connectivity index (χ1) is 7.29. The van der Waals surface area contributed by atoms with Crippen molar-refractivity contribution in [3.8, 4) is 0 Å². The number of ether oxygens (including phenoxy) is 2. The lowest BCUT2D eigenvalue weighted by Crippen LogP contribution is -2.17. The molecule has 4 nitrogen and oxygen atoms in total. The van der Waals surface area contributed by atoms with Crippen LogP contribution in [0.15, 0.2) is 23.0 Å². The number of rotatable bonds is 6. The molecule has 0 spiro atoms. The third-order valence-corrected chi connectivity index (χ3v) is 2.04. The minimum Gasteiger partial charge on any atom is -0.472 e. The zero-order valence-corrected chi connectivity index (χ0v) is 9.06. The summed E-state index contributed by atoms with van der Waals surface area (Å²) in [6.07, 6.45) is 4.17. The molecule has 84 valence electrons. The van der Waals surface area contributed by atoms with E-state index in [1.807, 2.05) is 6.92 Å². The Kier molecular flexibility index (Phi) is 4.90. The Labute approximate surface area is 89.2 Å². The first-order valence-corrected chi connectivity index (χ1v) is 5.01. The van der Waals surface area contributed by atoms with E-state index in [1.165, 1.54) is 19.6 Å². The molecule has 0 N–H and O–H groups in total. The maximum atomic E-state index is 11.6. The highest BCUT2D eigenvalue weighted by atomic mass is 16.6. The van der Waals surface area contributed by atoms with Gasteiger partial charge in [0.15, 0.2) is 6.10 Å². The van der Waals surface area contributed by atoms with Crippen molar-refractivity contribution in [1.82, 2.24) is 0 Å². The molecule has 15 heavy (non-hydrogen) atoms. The summed E-state index contributed by atoms with van der Waals surface area (Å²) in [4.78, 5) is 11.6. The third-order valence-electron chi connectivity index (χ3n) is 2.04. The number of hydrogen-bond acceptors (Lipinski definition) is 4. The summed E-state index contributed by atoms with van der Waals surface area (Å²) in [5, 5.41) is 0. The minimum absolute atomic E-state index is 0.368. The van der Waals surface area contributed by atoms with Crippen LogP contribution in [0.1, 0.15) is 31.4 Å². The van der Waals surface area contributed by atoms with Gasteiger partial charge in [0.05, 0.1) is 19.1 Å². The van der Waals surface area contributed by atoms with Crippen LogP contribution in [0.2, 0.25) is 0 Å². The molecule has 0 bridgehead atoms. The topological polar surface area (TPSA) is 48.7 Å². The van der Waals surface area contributed by atoms with Gasteiger partial charge in [-0.05, 0) is 12.5 Å². The van der Waals surface area contributed by atoms with E-state index in [2.05, 4.69) is 0 Å². The number of carbonyl (C=O) groups excluding carboxylic acids is 1. The Balaban J connectivity index is 2.48. The van der Waals surface area contributed by atoms with Crippen LogP contribution in [0.5, 0.6) is 0 Å². The van der Waals surface area contributed by atoms with E-state index >= 15 is 0 Å². The fourth-order valence-electron chi connectivity index (χ4n) is 1.19. The van der Waals surface area contributed by atoms with E-state index < -0.39 is 6.10 Å². The fraction of sp³-hybridized carbons (Fsp3) is 0.545. The monoisotopic (exact) mass is 212 g/mol. The van der Waals surface area contributed by atoms with Crippen molar-refractivity contribution in [3.05, 3.63) is 24.2 Å². The highest BCUT2D eigenvalue weighted by Gasteiger charge is 2.22. The van der Waals surface area contributed by atoms with E-state index in [0.717, 1.165) is 12.8 Å². The summed E-state index contributed by atoms with van der Waals surface area (Å²) < 4.78 is 15.0. The maximum Gasteiger partial charge on any atom is 0.340 e. The van der Waals surface area contributed by atoms with Gasteiger partial charge in [-0.3, -0.25) is 0 Å². The van der Waals surface area contributed by atoms with Gasteiger partial charge >= 0.3 is 5.97 Å². The SMILES string of the molecule is CCCCOC(=O)C(OC)c1ccoc1. The zero-order chi connectivity index (χ0) is 11.1. The third kappa shape index (κ3) is 3.40. The Morgan fingerprint density at radius 1 is 1.60 bits per heavy atom. The summed E-state index contributed by atoms with van der Waals surface area (Å²) in [6.45, 7) is 2.48. The molecule has 0 fully saturated rings. The number of methoxy groups -OCH3 is 1. The van der Waals surface area contributed by atoms with Gasteiger partial charge in [-0.25, -0.2) is 4.79 Å². The van der Waals surface area contributed by atoms with Gasteiger partial charge in [0, 0.05) is 12.7 Å². The highest BCUT2D eigenvalue weighted by molar-refractivity contribution is 5.76. The molecule has 0 saturated carbocycles. The van der Waals surface area contributed by atoms with Gasteiger partial charge in [-0.2, -0.15) is 0 Å². The predicted molar refractivity (Wildman–Crippen MR) is 54.3 cm³/mol. The summed E-state index contributed by atoms with van der Waals surface area (Å²) in [6, 6.07) is 1.69. The molecule has 0 amide bonds. The standard InChI is InChI=1S/C11H16O4/c1-3-4-6-15-11(12)10(13-2)9-5-7-14-8-9/h5,7-8,10H,3-4,6H2,1-2H3. The maximum absolute atomic E-state index is 11.6. The molecule has 0 radical (unpaired) electrons. The van der Waals surface area contributed by atoms with E-state index in [0.29, 0.717) is 12.2 Å². The van der Waals surface area contributed by atoms with Gasteiger partial charge < -0.3 is 13.9 Å². The number of carbonyl (C=O) groups is 1. The Morgan fingerprint density at radius 3 is 2.93 bits per heavy atom. The van der Waals surface area contributed by atoms with Crippen molar-refractivity contribution in [2.75, 3.05) is 13.7 Å². The molecule has 1 rings (SSSR count). The lowest BCUT2D eigenvalue weighted by atomic mass is 10.2. The summed E-state index contributed by atoms with van der Waals surface area (Å²) in [5.41, 5.74) is 0.680. The molecule has 1 atom stereocenters. The Morgan fingerprint density at radius 2 is 2.40 bits per heavy atom. The van der Waals surface area contributed by atoms with E-state index in [-0.39, 0.29) is 5.97 Å². The van der Waals surface area contributed by atoms with Crippen LogP contribution < -0.4 is 0 Å². The van der Waals surface area contributed by atoms with Crippen LogP contribution in [0.4, 0.5) is 0 Å². The largest absolute Gasteiger partial charge is 0.472 e. The van der Waals surface area contributed by atoms with Crippen molar-refractivity contribution < 1.29 is 18.7 Å². The average molecular weight is 212 g/mol. The molecule has 1 heterocycles. The highest BCUT2D eigenvalue weighted by Crippen LogP contribution is 2.18. The van der Waals surface area contributed by atoms with Crippen molar-refractivity contribution in [1.29, 1.82) is 0 Å².